The first kappa shape index (κ1) is 26.5. The Bertz CT molecular complexity index is 733. The molecule has 2 atom stereocenters. The molecule has 7 nitrogen and oxygen atoms in total. The van der Waals surface area contributed by atoms with Gasteiger partial charge in [-0.25, -0.2) is 4.79 Å². The van der Waals surface area contributed by atoms with Crippen LogP contribution in [0.5, 0.6) is 0 Å². The standard InChI is InChI=1S/C23H37N3O2.CH2O2/c1-8-16-9-11-17(12-10-16)18-13-14-26(15-18)20(27)19(22(2,3)4)24-21(28)25-23(5,6)7;2-1-3/h9-12,18-19H,8,13-15H2,1-7H3,(H2,24,25,28);1H,(H,2,3)/t18?,19-;/m1./s1. The van der Waals surface area contributed by atoms with Crippen molar-refractivity contribution in [1.29, 1.82) is 0 Å². The third-order valence-electron chi connectivity index (χ3n) is 5.24. The maximum Gasteiger partial charge on any atom is 0.315 e. The zero-order valence-electron chi connectivity index (χ0n) is 20.0. The van der Waals surface area contributed by atoms with Crippen molar-refractivity contribution in [2.75, 3.05) is 13.1 Å². The van der Waals surface area contributed by atoms with Crippen LogP contribution in [0.15, 0.2) is 24.3 Å². The van der Waals surface area contributed by atoms with E-state index in [0.29, 0.717) is 12.5 Å². The maximum absolute atomic E-state index is 13.3. The molecule has 174 valence electrons. The highest BCUT2D eigenvalue weighted by molar-refractivity contribution is 5.88. The molecule has 1 fully saturated rings. The van der Waals surface area contributed by atoms with Gasteiger partial charge >= 0.3 is 6.03 Å². The second-order valence-corrected chi connectivity index (χ2v) is 10.1. The minimum atomic E-state index is -0.559. The number of rotatable bonds is 4. The number of amides is 3. The molecule has 2 rings (SSSR count). The van der Waals surface area contributed by atoms with E-state index in [4.69, 9.17) is 9.90 Å². The van der Waals surface area contributed by atoms with Gasteiger partial charge < -0.3 is 20.6 Å². The normalized spacial score (nSPS) is 17.3. The molecule has 1 aliphatic heterocycles. The first-order chi connectivity index (χ1) is 14.3. The molecule has 3 amide bonds. The van der Waals surface area contributed by atoms with Crippen LogP contribution in [0.3, 0.4) is 0 Å². The van der Waals surface area contributed by atoms with Crippen LogP contribution in [0, 0.1) is 5.41 Å². The summed E-state index contributed by atoms with van der Waals surface area (Å²) in [6.45, 7) is 15.1. The highest BCUT2D eigenvalue weighted by Gasteiger charge is 2.38. The van der Waals surface area contributed by atoms with Gasteiger partial charge in [-0.1, -0.05) is 52.0 Å². The van der Waals surface area contributed by atoms with Crippen LogP contribution in [0.2, 0.25) is 0 Å². The molecule has 7 heteroatoms. The first-order valence-corrected chi connectivity index (χ1v) is 10.9. The fraction of sp³-hybridized carbons (Fsp3) is 0.625. The third kappa shape index (κ3) is 8.59. The smallest absolute Gasteiger partial charge is 0.315 e. The van der Waals surface area contributed by atoms with E-state index in [0.717, 1.165) is 19.4 Å². The summed E-state index contributed by atoms with van der Waals surface area (Å²) in [4.78, 5) is 35.9. The summed E-state index contributed by atoms with van der Waals surface area (Å²) in [5, 5.41) is 12.7. The van der Waals surface area contributed by atoms with Gasteiger partial charge in [0.1, 0.15) is 6.04 Å². The van der Waals surface area contributed by atoms with Gasteiger partial charge in [0.2, 0.25) is 5.91 Å². The van der Waals surface area contributed by atoms with Crippen LogP contribution in [-0.4, -0.2) is 53.1 Å². The quantitative estimate of drug-likeness (QED) is 0.629. The summed E-state index contributed by atoms with van der Waals surface area (Å²) in [6, 6.07) is 7.87. The second-order valence-electron chi connectivity index (χ2n) is 10.1. The number of carbonyl (C=O) groups excluding carboxylic acids is 2. The Morgan fingerprint density at radius 1 is 1.16 bits per heavy atom. The monoisotopic (exact) mass is 433 g/mol. The van der Waals surface area contributed by atoms with Crippen LogP contribution >= 0.6 is 0 Å². The van der Waals surface area contributed by atoms with Crippen LogP contribution in [0.1, 0.15) is 71.9 Å². The van der Waals surface area contributed by atoms with E-state index < -0.39 is 6.04 Å². The van der Waals surface area contributed by atoms with Gasteiger partial charge in [0, 0.05) is 24.5 Å². The summed E-state index contributed by atoms with van der Waals surface area (Å²) < 4.78 is 0. The van der Waals surface area contributed by atoms with Gasteiger partial charge in [0.15, 0.2) is 0 Å². The Hall–Kier alpha value is -2.57. The molecule has 1 heterocycles. The molecule has 0 aliphatic carbocycles. The molecule has 0 radical (unpaired) electrons. The van der Waals surface area contributed by atoms with Gasteiger partial charge in [0.25, 0.3) is 6.47 Å². The van der Waals surface area contributed by atoms with Gasteiger partial charge in [-0.05, 0) is 50.2 Å². The molecule has 1 saturated heterocycles. The van der Waals surface area contributed by atoms with Gasteiger partial charge in [-0.2, -0.15) is 0 Å². The van der Waals surface area contributed by atoms with Gasteiger partial charge in [-0.3, -0.25) is 9.59 Å². The Morgan fingerprint density at radius 3 is 2.16 bits per heavy atom. The summed E-state index contributed by atoms with van der Waals surface area (Å²) in [5.74, 6) is 0.364. The lowest BCUT2D eigenvalue weighted by Crippen LogP contribution is -2.58. The minimum Gasteiger partial charge on any atom is -0.483 e. The number of nitrogens with one attached hydrogen (secondary N) is 2. The number of benzene rings is 1. The lowest BCUT2D eigenvalue weighted by molar-refractivity contribution is -0.134. The fourth-order valence-corrected chi connectivity index (χ4v) is 3.60. The molecule has 31 heavy (non-hydrogen) atoms. The van der Waals surface area contributed by atoms with Crippen molar-refractivity contribution < 1.29 is 19.5 Å². The summed E-state index contributed by atoms with van der Waals surface area (Å²) in [5.41, 5.74) is 1.90. The van der Waals surface area contributed by atoms with Crippen molar-refractivity contribution in [2.45, 2.75) is 78.8 Å². The van der Waals surface area contributed by atoms with Crippen molar-refractivity contribution in [3.8, 4) is 0 Å². The third-order valence-corrected chi connectivity index (χ3v) is 5.24. The van der Waals surface area contributed by atoms with E-state index in [1.165, 1.54) is 11.1 Å². The average Bonchev–Trinajstić information content (AvgIpc) is 3.14. The van der Waals surface area contributed by atoms with Crippen LogP contribution in [0.25, 0.3) is 0 Å². The molecule has 1 aliphatic rings. The van der Waals surface area contributed by atoms with Crippen molar-refractivity contribution in [1.82, 2.24) is 15.5 Å². The van der Waals surface area contributed by atoms with E-state index in [1.54, 1.807) is 0 Å². The molecular weight excluding hydrogens is 394 g/mol. The Balaban J connectivity index is 0.00000151. The summed E-state index contributed by atoms with van der Waals surface area (Å²) >= 11 is 0. The summed E-state index contributed by atoms with van der Waals surface area (Å²) in [6.07, 6.45) is 1.99. The maximum atomic E-state index is 13.3. The number of nitrogens with zero attached hydrogens (tertiary/aromatic N) is 1. The van der Waals surface area contributed by atoms with E-state index >= 15 is 0 Å². The zero-order chi connectivity index (χ0) is 23.8. The molecule has 0 bridgehead atoms. The fourth-order valence-electron chi connectivity index (χ4n) is 3.60. The summed E-state index contributed by atoms with van der Waals surface area (Å²) in [7, 11) is 0. The van der Waals surface area contributed by atoms with Crippen LogP contribution in [-0.2, 0) is 16.0 Å². The molecule has 0 saturated carbocycles. The largest absolute Gasteiger partial charge is 0.483 e. The Kier molecular flexibility index (Phi) is 9.53. The predicted molar refractivity (Wildman–Crippen MR) is 123 cm³/mol. The second kappa shape index (κ2) is 11.2. The van der Waals surface area contributed by atoms with Crippen molar-refractivity contribution in [3.63, 3.8) is 0 Å². The van der Waals surface area contributed by atoms with Crippen molar-refractivity contribution in [2.24, 2.45) is 5.41 Å². The van der Waals surface area contributed by atoms with E-state index in [-0.39, 0.29) is 29.4 Å². The number of aryl methyl sites for hydroxylation is 1. The highest BCUT2D eigenvalue weighted by atomic mass is 16.3. The molecule has 1 aromatic rings. The number of urea groups is 1. The molecular formula is C24H39N3O4. The van der Waals surface area contributed by atoms with Crippen molar-refractivity contribution in [3.05, 3.63) is 35.4 Å². The number of carbonyl (C=O) groups is 3. The van der Waals surface area contributed by atoms with E-state index in [9.17, 15) is 9.59 Å². The average molecular weight is 434 g/mol. The van der Waals surface area contributed by atoms with Crippen LogP contribution < -0.4 is 10.6 Å². The zero-order valence-corrected chi connectivity index (χ0v) is 20.0. The Morgan fingerprint density at radius 2 is 1.71 bits per heavy atom. The lowest BCUT2D eigenvalue weighted by atomic mass is 9.85. The molecule has 0 aromatic heterocycles. The van der Waals surface area contributed by atoms with Gasteiger partial charge in [-0.15, -0.1) is 0 Å². The predicted octanol–water partition coefficient (Wildman–Crippen LogP) is 3.78. The number of carboxylic acid groups (broad SMARTS) is 1. The number of hydrogen-bond donors (Lipinski definition) is 3. The van der Waals surface area contributed by atoms with Crippen molar-refractivity contribution >= 4 is 18.4 Å². The molecule has 3 N–H and O–H groups in total. The topological polar surface area (TPSA) is 98.7 Å². The molecule has 1 unspecified atom stereocenters. The Labute approximate surface area is 186 Å². The molecule has 1 aromatic carbocycles. The minimum absolute atomic E-state index is 0.00392. The number of hydrogen-bond acceptors (Lipinski definition) is 3. The number of likely N-dealkylation sites (tertiary alicyclic amines) is 1. The lowest BCUT2D eigenvalue weighted by Gasteiger charge is -2.34. The van der Waals surface area contributed by atoms with Crippen LogP contribution in [0.4, 0.5) is 4.79 Å². The molecule has 0 spiro atoms. The SMILES string of the molecule is CCc1ccc(C2CCN(C(=O)[C@@H](NC(=O)NC(C)(C)C)C(C)(C)C)C2)cc1.O=CO. The highest BCUT2D eigenvalue weighted by Crippen LogP contribution is 2.30. The van der Waals surface area contributed by atoms with E-state index in [2.05, 4.69) is 41.8 Å². The van der Waals surface area contributed by atoms with Gasteiger partial charge in [0.05, 0.1) is 0 Å². The van der Waals surface area contributed by atoms with E-state index in [1.807, 2.05) is 46.4 Å². The first-order valence-electron chi connectivity index (χ1n) is 10.9.